The first-order chi connectivity index (χ1) is 15.0. The minimum atomic E-state index is -0.312. The summed E-state index contributed by atoms with van der Waals surface area (Å²) in [6.07, 6.45) is 4.01. The summed E-state index contributed by atoms with van der Waals surface area (Å²) in [4.78, 5) is 28.9. The molecule has 7 heteroatoms. The highest BCUT2D eigenvalue weighted by Gasteiger charge is 2.54. The highest BCUT2D eigenvalue weighted by molar-refractivity contribution is 5.93. The molecule has 0 saturated carbocycles. The zero-order valence-electron chi connectivity index (χ0n) is 17.7. The Bertz CT molecular complexity index is 971. The molecule has 2 aliphatic rings. The minimum Gasteiger partial charge on any atom is -0.497 e. The van der Waals surface area contributed by atoms with Crippen LogP contribution in [0.3, 0.4) is 0 Å². The summed E-state index contributed by atoms with van der Waals surface area (Å²) in [5.41, 5.74) is 2.81. The van der Waals surface area contributed by atoms with Crippen LogP contribution >= 0.6 is 0 Å². The summed E-state index contributed by atoms with van der Waals surface area (Å²) in [5.74, 6) is 0.557. The van der Waals surface area contributed by atoms with Crippen LogP contribution in [0.15, 0.2) is 54.6 Å². The van der Waals surface area contributed by atoms with E-state index in [1.165, 1.54) is 0 Å². The number of nitrogens with zero attached hydrogens (tertiary/aromatic N) is 2. The normalized spacial score (nSPS) is 22.8. The summed E-state index contributed by atoms with van der Waals surface area (Å²) in [6, 6.07) is 14.5. The Morgan fingerprint density at radius 2 is 1.90 bits per heavy atom. The zero-order valence-corrected chi connectivity index (χ0v) is 17.7. The quantitative estimate of drug-likeness (QED) is 0.778. The van der Waals surface area contributed by atoms with E-state index in [4.69, 9.17) is 4.74 Å². The Hall–Kier alpha value is -3.32. The van der Waals surface area contributed by atoms with Crippen LogP contribution in [0.2, 0.25) is 0 Å². The Morgan fingerprint density at radius 1 is 1.19 bits per heavy atom. The molecule has 2 aromatic carbocycles. The van der Waals surface area contributed by atoms with Gasteiger partial charge in [0.1, 0.15) is 12.3 Å². The monoisotopic (exact) mass is 421 g/mol. The van der Waals surface area contributed by atoms with Gasteiger partial charge < -0.3 is 25.0 Å². The second kappa shape index (κ2) is 8.81. The van der Waals surface area contributed by atoms with Crippen LogP contribution < -0.4 is 10.1 Å². The largest absolute Gasteiger partial charge is 0.497 e. The van der Waals surface area contributed by atoms with Gasteiger partial charge in [0, 0.05) is 18.2 Å². The molecule has 0 aliphatic carbocycles. The number of carbonyl (C=O) groups excluding carboxylic acids is 2. The first-order valence-electron chi connectivity index (χ1n) is 10.4. The van der Waals surface area contributed by atoms with Gasteiger partial charge in [0.05, 0.1) is 25.8 Å². The molecule has 2 aromatic rings. The number of methoxy groups -OCH3 is 1. The maximum Gasteiger partial charge on any atom is 0.322 e. The van der Waals surface area contributed by atoms with Gasteiger partial charge in [-0.1, -0.05) is 36.4 Å². The van der Waals surface area contributed by atoms with Crippen molar-refractivity contribution in [3.63, 3.8) is 0 Å². The van der Waals surface area contributed by atoms with Crippen molar-refractivity contribution in [2.75, 3.05) is 32.1 Å². The Kier molecular flexibility index (Phi) is 5.95. The predicted molar refractivity (Wildman–Crippen MR) is 119 cm³/mol. The van der Waals surface area contributed by atoms with Crippen molar-refractivity contribution < 1.29 is 19.4 Å². The number of benzene rings is 2. The molecule has 2 fully saturated rings. The molecule has 3 atom stereocenters. The Labute approximate surface area is 181 Å². The second-order valence-electron chi connectivity index (χ2n) is 7.85. The van der Waals surface area contributed by atoms with Crippen molar-refractivity contribution in [1.82, 2.24) is 9.80 Å². The van der Waals surface area contributed by atoms with Crippen LogP contribution in [-0.4, -0.2) is 65.7 Å². The van der Waals surface area contributed by atoms with Gasteiger partial charge in [0.25, 0.3) is 0 Å². The lowest BCUT2D eigenvalue weighted by Crippen LogP contribution is -2.73. The Morgan fingerprint density at radius 3 is 2.52 bits per heavy atom. The lowest BCUT2D eigenvalue weighted by molar-refractivity contribution is -0.159. The third kappa shape index (κ3) is 4.01. The average molecular weight is 421 g/mol. The molecule has 0 aromatic heterocycles. The number of amides is 3. The second-order valence-corrected chi connectivity index (χ2v) is 7.85. The molecule has 3 amide bonds. The summed E-state index contributed by atoms with van der Waals surface area (Å²) < 4.78 is 5.14. The highest BCUT2D eigenvalue weighted by atomic mass is 16.5. The number of fused-ring (bicyclic) bond motifs is 1. The molecule has 0 spiro atoms. The predicted octanol–water partition coefficient (Wildman–Crippen LogP) is 2.93. The summed E-state index contributed by atoms with van der Waals surface area (Å²) >= 11 is 0. The summed E-state index contributed by atoms with van der Waals surface area (Å²) in [5, 5.41) is 12.8. The van der Waals surface area contributed by atoms with E-state index in [-0.39, 0.29) is 43.1 Å². The standard InChI is InChI=1S/C24H27N3O4/c1-3-4-16-5-7-17(8-6-16)23-20-13-26(14-22(29)27(20)21(23)15-28)24(30)25-18-9-11-19(31-2)12-10-18/h3-12,20-21,23,28H,13-15H2,1-2H3,(H,25,30)/b4-3+/t20-,21-,23-/m0/s1. The van der Waals surface area contributed by atoms with Crippen molar-refractivity contribution in [3.05, 3.63) is 65.7 Å². The maximum absolute atomic E-state index is 12.8. The fourth-order valence-electron chi connectivity index (χ4n) is 4.55. The molecule has 31 heavy (non-hydrogen) atoms. The van der Waals surface area contributed by atoms with Crippen LogP contribution in [0.4, 0.5) is 10.5 Å². The molecule has 0 bridgehead atoms. The van der Waals surface area contributed by atoms with Crippen LogP contribution in [0.25, 0.3) is 6.08 Å². The molecular weight excluding hydrogens is 394 g/mol. The lowest BCUT2D eigenvalue weighted by atomic mass is 9.73. The van der Waals surface area contributed by atoms with Gasteiger partial charge in [-0.05, 0) is 42.3 Å². The molecule has 162 valence electrons. The van der Waals surface area contributed by atoms with E-state index in [1.54, 1.807) is 41.2 Å². The van der Waals surface area contributed by atoms with E-state index < -0.39 is 0 Å². The van der Waals surface area contributed by atoms with Gasteiger partial charge in [-0.25, -0.2) is 4.79 Å². The minimum absolute atomic E-state index is 0.00193. The number of urea groups is 1. The van der Waals surface area contributed by atoms with E-state index in [0.717, 1.165) is 11.1 Å². The number of carbonyl (C=O) groups is 2. The fraction of sp³-hybridized carbons (Fsp3) is 0.333. The molecule has 7 nitrogen and oxygen atoms in total. The van der Waals surface area contributed by atoms with E-state index in [1.807, 2.05) is 43.3 Å². The van der Waals surface area contributed by atoms with Gasteiger partial charge in [-0.15, -0.1) is 0 Å². The average Bonchev–Trinajstić information content (AvgIpc) is 2.77. The number of hydrogen-bond donors (Lipinski definition) is 2. The molecule has 2 saturated heterocycles. The van der Waals surface area contributed by atoms with Crippen molar-refractivity contribution in [2.24, 2.45) is 0 Å². The molecule has 2 heterocycles. The molecule has 4 rings (SSSR count). The molecule has 2 N–H and O–H groups in total. The number of ether oxygens (including phenoxy) is 1. The maximum atomic E-state index is 12.8. The van der Waals surface area contributed by atoms with Gasteiger partial charge >= 0.3 is 6.03 Å². The highest BCUT2D eigenvalue weighted by Crippen LogP contribution is 2.43. The van der Waals surface area contributed by atoms with Crippen LogP contribution in [0.5, 0.6) is 5.75 Å². The number of piperazine rings is 1. The van der Waals surface area contributed by atoms with Gasteiger partial charge in [-0.2, -0.15) is 0 Å². The molecule has 0 radical (unpaired) electrons. The number of aliphatic hydroxyl groups excluding tert-OH is 1. The SMILES string of the molecule is C/C=C/c1ccc([C@@H]2[C@H](CO)N3C(=O)CN(C(=O)Nc4ccc(OC)cc4)C[C@@H]23)cc1. The molecule has 2 aliphatic heterocycles. The first-order valence-corrected chi connectivity index (χ1v) is 10.4. The molecule has 0 unspecified atom stereocenters. The fourth-order valence-corrected chi connectivity index (χ4v) is 4.55. The number of rotatable bonds is 5. The zero-order chi connectivity index (χ0) is 22.0. The van der Waals surface area contributed by atoms with Crippen molar-refractivity contribution in [1.29, 1.82) is 0 Å². The third-order valence-electron chi connectivity index (χ3n) is 6.06. The van der Waals surface area contributed by atoms with Crippen molar-refractivity contribution in [2.45, 2.75) is 24.9 Å². The third-order valence-corrected chi connectivity index (χ3v) is 6.06. The van der Waals surface area contributed by atoms with E-state index in [2.05, 4.69) is 5.32 Å². The van der Waals surface area contributed by atoms with E-state index >= 15 is 0 Å². The summed E-state index contributed by atoms with van der Waals surface area (Å²) in [7, 11) is 1.58. The summed E-state index contributed by atoms with van der Waals surface area (Å²) in [6.45, 7) is 2.30. The Balaban J connectivity index is 1.49. The lowest BCUT2D eigenvalue weighted by Gasteiger charge is -2.58. The van der Waals surface area contributed by atoms with Gasteiger partial charge in [-0.3, -0.25) is 4.79 Å². The number of hydrogen-bond acceptors (Lipinski definition) is 4. The van der Waals surface area contributed by atoms with Crippen molar-refractivity contribution >= 4 is 23.7 Å². The van der Waals surface area contributed by atoms with Crippen LogP contribution in [0, 0.1) is 0 Å². The van der Waals surface area contributed by atoms with E-state index in [9.17, 15) is 14.7 Å². The van der Waals surface area contributed by atoms with Gasteiger partial charge in [0.2, 0.25) is 5.91 Å². The smallest absolute Gasteiger partial charge is 0.322 e. The number of nitrogens with one attached hydrogen (secondary N) is 1. The van der Waals surface area contributed by atoms with Crippen molar-refractivity contribution in [3.8, 4) is 5.75 Å². The van der Waals surface area contributed by atoms with Gasteiger partial charge in [0.15, 0.2) is 0 Å². The topological polar surface area (TPSA) is 82.1 Å². The number of allylic oxidation sites excluding steroid dienone is 1. The van der Waals surface area contributed by atoms with Crippen LogP contribution in [-0.2, 0) is 4.79 Å². The number of anilines is 1. The first kappa shape index (κ1) is 20.9. The molecular formula is C24H27N3O4. The number of aliphatic hydroxyl groups is 1. The van der Waals surface area contributed by atoms with Crippen LogP contribution in [0.1, 0.15) is 24.0 Å². The van der Waals surface area contributed by atoms with E-state index in [0.29, 0.717) is 18.0 Å².